The number of aliphatic hydroxyl groups excluding tert-OH is 1. The molecule has 3 unspecified atom stereocenters. The van der Waals surface area contributed by atoms with E-state index in [-0.39, 0.29) is 11.5 Å². The predicted octanol–water partition coefficient (Wildman–Crippen LogP) is 2.42. The monoisotopic (exact) mass is 201 g/mol. The average molecular weight is 201 g/mol. The Morgan fingerprint density at radius 3 is 2.00 bits per heavy atom. The van der Waals surface area contributed by atoms with E-state index in [4.69, 9.17) is 0 Å². The van der Waals surface area contributed by atoms with Crippen LogP contribution >= 0.6 is 0 Å². The van der Waals surface area contributed by atoms with Gasteiger partial charge >= 0.3 is 0 Å². The van der Waals surface area contributed by atoms with Crippen LogP contribution in [0.2, 0.25) is 0 Å². The van der Waals surface area contributed by atoms with Gasteiger partial charge in [0.2, 0.25) is 0 Å². The zero-order chi connectivity index (χ0) is 11.4. The highest BCUT2D eigenvalue weighted by Crippen LogP contribution is 2.25. The molecule has 0 bridgehead atoms. The van der Waals surface area contributed by atoms with Crippen LogP contribution < -0.4 is 5.32 Å². The molecule has 0 radical (unpaired) electrons. The molecular weight excluding hydrogens is 174 g/mol. The Hall–Kier alpha value is -0.0800. The van der Waals surface area contributed by atoms with E-state index < -0.39 is 0 Å². The van der Waals surface area contributed by atoms with Gasteiger partial charge in [0.1, 0.15) is 0 Å². The van der Waals surface area contributed by atoms with Crippen molar-refractivity contribution in [3.63, 3.8) is 0 Å². The van der Waals surface area contributed by atoms with Gasteiger partial charge in [0.15, 0.2) is 0 Å². The van der Waals surface area contributed by atoms with Crippen LogP contribution in [-0.4, -0.2) is 23.8 Å². The van der Waals surface area contributed by atoms with E-state index in [0.29, 0.717) is 12.0 Å². The van der Waals surface area contributed by atoms with E-state index >= 15 is 0 Å². The lowest BCUT2D eigenvalue weighted by atomic mass is 9.82. The van der Waals surface area contributed by atoms with Gasteiger partial charge in [-0.3, -0.25) is 0 Å². The van der Waals surface area contributed by atoms with Gasteiger partial charge in [-0.2, -0.15) is 0 Å². The summed E-state index contributed by atoms with van der Waals surface area (Å²) in [7, 11) is 0. The number of rotatable bonds is 6. The van der Waals surface area contributed by atoms with Gasteiger partial charge < -0.3 is 10.4 Å². The molecule has 3 atom stereocenters. The minimum Gasteiger partial charge on any atom is -0.393 e. The molecule has 2 N–H and O–H groups in total. The van der Waals surface area contributed by atoms with Crippen LogP contribution in [0.25, 0.3) is 0 Å². The summed E-state index contributed by atoms with van der Waals surface area (Å²) in [6.07, 6.45) is 0.752. The van der Waals surface area contributed by atoms with E-state index in [1.54, 1.807) is 0 Å². The van der Waals surface area contributed by atoms with Gasteiger partial charge in [0.05, 0.1) is 6.10 Å². The maximum Gasteiger partial charge on any atom is 0.0577 e. The van der Waals surface area contributed by atoms with Gasteiger partial charge in [-0.1, -0.05) is 27.7 Å². The molecule has 14 heavy (non-hydrogen) atoms. The van der Waals surface area contributed by atoms with Crippen LogP contribution in [0, 0.1) is 11.3 Å². The Morgan fingerprint density at radius 2 is 1.71 bits per heavy atom. The Labute approximate surface area is 89.1 Å². The quantitative estimate of drug-likeness (QED) is 0.691. The maximum absolute atomic E-state index is 9.68. The second-order valence-electron chi connectivity index (χ2n) is 5.10. The summed E-state index contributed by atoms with van der Waals surface area (Å²) in [6.45, 7) is 13.7. The number of hydrogen-bond acceptors (Lipinski definition) is 2. The zero-order valence-corrected chi connectivity index (χ0v) is 10.6. The van der Waals surface area contributed by atoms with Crippen LogP contribution in [-0.2, 0) is 0 Å². The van der Waals surface area contributed by atoms with Gasteiger partial charge in [0.25, 0.3) is 0 Å². The van der Waals surface area contributed by atoms with Crippen molar-refractivity contribution in [3.8, 4) is 0 Å². The Kier molecular flexibility index (Phi) is 5.68. The lowest BCUT2D eigenvalue weighted by molar-refractivity contribution is 0.0462. The van der Waals surface area contributed by atoms with Crippen molar-refractivity contribution in [2.45, 2.75) is 60.1 Å². The third-order valence-electron chi connectivity index (χ3n) is 3.64. The minimum atomic E-state index is -0.251. The van der Waals surface area contributed by atoms with Crippen LogP contribution in [0.4, 0.5) is 0 Å². The van der Waals surface area contributed by atoms with Crippen molar-refractivity contribution in [2.24, 2.45) is 11.3 Å². The highest BCUT2D eigenvalue weighted by Gasteiger charge is 2.28. The average Bonchev–Trinajstić information content (AvgIpc) is 2.12. The van der Waals surface area contributed by atoms with Crippen molar-refractivity contribution in [2.75, 3.05) is 6.54 Å². The first-order valence-corrected chi connectivity index (χ1v) is 5.75. The fourth-order valence-corrected chi connectivity index (χ4v) is 1.20. The first-order valence-electron chi connectivity index (χ1n) is 5.75. The van der Waals surface area contributed by atoms with E-state index in [1.165, 1.54) is 0 Å². The fourth-order valence-electron chi connectivity index (χ4n) is 1.20. The van der Waals surface area contributed by atoms with Crippen molar-refractivity contribution >= 4 is 0 Å². The molecule has 2 nitrogen and oxygen atoms in total. The molecule has 0 saturated heterocycles. The minimum absolute atomic E-state index is 0.00312. The first-order chi connectivity index (χ1) is 6.33. The summed E-state index contributed by atoms with van der Waals surface area (Å²) in [4.78, 5) is 0. The van der Waals surface area contributed by atoms with E-state index in [2.05, 4.69) is 39.9 Å². The van der Waals surface area contributed by atoms with Crippen LogP contribution in [0.5, 0.6) is 0 Å². The summed E-state index contributed by atoms with van der Waals surface area (Å²) < 4.78 is 0. The van der Waals surface area contributed by atoms with Crippen LogP contribution in [0.1, 0.15) is 48.0 Å². The molecule has 0 aliphatic heterocycles. The molecule has 0 aromatic heterocycles. The SMILES string of the molecule is CCC(C)(CNC(C)C(C)C)C(C)O. The van der Waals surface area contributed by atoms with E-state index in [9.17, 15) is 5.11 Å². The number of nitrogens with one attached hydrogen (secondary N) is 1. The third-order valence-corrected chi connectivity index (χ3v) is 3.64. The fraction of sp³-hybridized carbons (Fsp3) is 1.00. The molecule has 0 aliphatic rings. The molecule has 0 rings (SSSR count). The molecule has 0 spiro atoms. The lowest BCUT2D eigenvalue weighted by Gasteiger charge is -2.33. The zero-order valence-electron chi connectivity index (χ0n) is 10.6. The largest absolute Gasteiger partial charge is 0.393 e. The number of aliphatic hydroxyl groups is 1. The smallest absolute Gasteiger partial charge is 0.0577 e. The van der Waals surface area contributed by atoms with Crippen LogP contribution in [0.15, 0.2) is 0 Å². The second-order valence-corrected chi connectivity index (χ2v) is 5.10. The van der Waals surface area contributed by atoms with Crippen molar-refractivity contribution in [1.29, 1.82) is 0 Å². The Bertz CT molecular complexity index is 156. The Balaban J connectivity index is 4.08. The highest BCUT2D eigenvalue weighted by molar-refractivity contribution is 4.82. The Morgan fingerprint density at radius 1 is 1.21 bits per heavy atom. The van der Waals surface area contributed by atoms with Crippen molar-refractivity contribution in [3.05, 3.63) is 0 Å². The van der Waals surface area contributed by atoms with Gasteiger partial charge in [-0.05, 0) is 26.2 Å². The standard InChI is InChI=1S/C12H27NO/c1-7-12(6,11(5)14)8-13-10(4)9(2)3/h9-11,13-14H,7-8H2,1-6H3. The summed E-state index contributed by atoms with van der Waals surface area (Å²) >= 11 is 0. The predicted molar refractivity (Wildman–Crippen MR) is 62.4 cm³/mol. The first kappa shape index (κ1) is 13.9. The molecule has 0 aromatic carbocycles. The highest BCUT2D eigenvalue weighted by atomic mass is 16.3. The molecule has 0 fully saturated rings. The second kappa shape index (κ2) is 5.72. The molecule has 0 aromatic rings. The van der Waals surface area contributed by atoms with Gasteiger partial charge in [0, 0.05) is 18.0 Å². The van der Waals surface area contributed by atoms with Crippen molar-refractivity contribution < 1.29 is 5.11 Å². The lowest BCUT2D eigenvalue weighted by Crippen LogP contribution is -2.44. The van der Waals surface area contributed by atoms with E-state index in [1.807, 2.05) is 6.92 Å². The third kappa shape index (κ3) is 3.97. The van der Waals surface area contributed by atoms with Gasteiger partial charge in [-0.25, -0.2) is 0 Å². The molecule has 0 saturated carbocycles. The molecule has 0 amide bonds. The summed E-state index contributed by atoms with van der Waals surface area (Å²) in [6, 6.07) is 0.514. The topological polar surface area (TPSA) is 32.3 Å². The molecule has 0 heterocycles. The van der Waals surface area contributed by atoms with Gasteiger partial charge in [-0.15, -0.1) is 0 Å². The van der Waals surface area contributed by atoms with E-state index in [0.717, 1.165) is 13.0 Å². The summed E-state index contributed by atoms with van der Waals surface area (Å²) in [5.41, 5.74) is 0.00312. The molecule has 2 heteroatoms. The maximum atomic E-state index is 9.68. The van der Waals surface area contributed by atoms with Crippen LogP contribution in [0.3, 0.4) is 0 Å². The van der Waals surface area contributed by atoms with Crippen molar-refractivity contribution in [1.82, 2.24) is 5.32 Å². The normalized spacial score (nSPS) is 20.6. The molecule has 0 aliphatic carbocycles. The molecular formula is C12H27NO. The summed E-state index contributed by atoms with van der Waals surface area (Å²) in [5.74, 6) is 0.644. The molecule has 86 valence electrons. The summed E-state index contributed by atoms with van der Waals surface area (Å²) in [5, 5.41) is 13.2. The number of hydrogen-bond donors (Lipinski definition) is 2.